The molecule has 0 saturated heterocycles. The Morgan fingerprint density at radius 3 is 2.44 bits per heavy atom. The van der Waals surface area contributed by atoms with E-state index in [1.807, 2.05) is 42.6 Å². The topological polar surface area (TPSA) is 22.1 Å². The van der Waals surface area contributed by atoms with Crippen LogP contribution in [0.2, 0.25) is 0 Å². The molecular formula is C16H13NO. The van der Waals surface area contributed by atoms with E-state index in [2.05, 4.69) is 23.2 Å². The maximum absolute atomic E-state index is 5.18. The molecule has 0 spiro atoms. The zero-order valence-corrected chi connectivity index (χ0v) is 10.1. The molecule has 3 rings (SSSR count). The molecule has 1 heterocycles. The van der Waals surface area contributed by atoms with Crippen molar-refractivity contribution in [1.29, 1.82) is 0 Å². The Labute approximate surface area is 106 Å². The highest BCUT2D eigenvalue weighted by Crippen LogP contribution is 2.28. The first-order valence-corrected chi connectivity index (χ1v) is 5.86. The lowest BCUT2D eigenvalue weighted by Gasteiger charge is -2.07. The van der Waals surface area contributed by atoms with Crippen LogP contribution < -0.4 is 4.74 Å². The third kappa shape index (κ3) is 1.82. The number of methoxy groups -OCH3 is 1. The standard InChI is InChI=1S/C16H13NO/c1-18-13-8-6-12(7-9-13)14-10-11-17-16-5-3-2-4-15(14)16/h2-11H,1H3. The first-order chi connectivity index (χ1) is 8.88. The van der Waals surface area contributed by atoms with Crippen LogP contribution in [0.15, 0.2) is 60.8 Å². The molecule has 0 aliphatic carbocycles. The number of hydrogen-bond donors (Lipinski definition) is 0. The van der Waals surface area contributed by atoms with Gasteiger partial charge in [-0.05, 0) is 35.4 Å². The van der Waals surface area contributed by atoms with E-state index in [9.17, 15) is 0 Å². The van der Waals surface area contributed by atoms with Crippen LogP contribution >= 0.6 is 0 Å². The van der Waals surface area contributed by atoms with E-state index in [1.54, 1.807) is 7.11 Å². The number of para-hydroxylation sites is 1. The minimum absolute atomic E-state index is 0.872. The van der Waals surface area contributed by atoms with E-state index in [0.29, 0.717) is 0 Å². The molecule has 0 radical (unpaired) electrons. The summed E-state index contributed by atoms with van der Waals surface area (Å²) in [6.07, 6.45) is 1.85. The van der Waals surface area contributed by atoms with Gasteiger partial charge in [0.1, 0.15) is 5.75 Å². The van der Waals surface area contributed by atoms with Gasteiger partial charge in [-0.3, -0.25) is 4.98 Å². The Morgan fingerprint density at radius 1 is 0.889 bits per heavy atom. The number of rotatable bonds is 2. The third-order valence-electron chi connectivity index (χ3n) is 3.05. The second kappa shape index (κ2) is 4.49. The number of ether oxygens (including phenoxy) is 1. The van der Waals surface area contributed by atoms with Crippen LogP contribution in [0.25, 0.3) is 22.0 Å². The van der Waals surface area contributed by atoms with Gasteiger partial charge in [-0.15, -0.1) is 0 Å². The summed E-state index contributed by atoms with van der Waals surface area (Å²) >= 11 is 0. The van der Waals surface area contributed by atoms with Crippen LogP contribution in [0.3, 0.4) is 0 Å². The van der Waals surface area contributed by atoms with Gasteiger partial charge >= 0.3 is 0 Å². The van der Waals surface area contributed by atoms with E-state index in [0.717, 1.165) is 11.3 Å². The molecule has 1 aromatic heterocycles. The van der Waals surface area contributed by atoms with Gasteiger partial charge in [0.25, 0.3) is 0 Å². The van der Waals surface area contributed by atoms with Crippen molar-refractivity contribution in [3.05, 3.63) is 60.8 Å². The van der Waals surface area contributed by atoms with E-state index in [1.165, 1.54) is 16.5 Å². The monoisotopic (exact) mass is 235 g/mol. The molecule has 18 heavy (non-hydrogen) atoms. The first-order valence-electron chi connectivity index (χ1n) is 5.86. The Hall–Kier alpha value is -2.35. The van der Waals surface area contributed by atoms with Gasteiger partial charge in [-0.25, -0.2) is 0 Å². The van der Waals surface area contributed by atoms with E-state index in [4.69, 9.17) is 4.74 Å². The maximum Gasteiger partial charge on any atom is 0.118 e. The average molecular weight is 235 g/mol. The van der Waals surface area contributed by atoms with Crippen LogP contribution in [0.1, 0.15) is 0 Å². The average Bonchev–Trinajstić information content (AvgIpc) is 2.47. The number of aromatic nitrogens is 1. The molecule has 0 N–H and O–H groups in total. The van der Waals surface area contributed by atoms with Crippen LogP contribution in [0, 0.1) is 0 Å². The van der Waals surface area contributed by atoms with Crippen molar-refractivity contribution < 1.29 is 4.74 Å². The Balaban J connectivity index is 2.18. The second-order valence-corrected chi connectivity index (χ2v) is 4.10. The van der Waals surface area contributed by atoms with E-state index >= 15 is 0 Å². The first kappa shape index (κ1) is 10.8. The van der Waals surface area contributed by atoms with Gasteiger partial charge in [-0.1, -0.05) is 30.3 Å². The van der Waals surface area contributed by atoms with Crippen LogP contribution in [0.4, 0.5) is 0 Å². The summed E-state index contributed by atoms with van der Waals surface area (Å²) in [5.41, 5.74) is 3.39. The third-order valence-corrected chi connectivity index (χ3v) is 3.05. The minimum Gasteiger partial charge on any atom is -0.497 e. The highest BCUT2D eigenvalue weighted by Gasteiger charge is 2.03. The number of fused-ring (bicyclic) bond motifs is 1. The highest BCUT2D eigenvalue weighted by atomic mass is 16.5. The van der Waals surface area contributed by atoms with E-state index in [-0.39, 0.29) is 0 Å². The molecule has 0 fully saturated rings. The summed E-state index contributed by atoms with van der Waals surface area (Å²) in [5.74, 6) is 0.872. The molecule has 2 aromatic carbocycles. The van der Waals surface area contributed by atoms with Crippen molar-refractivity contribution in [1.82, 2.24) is 4.98 Å². The molecule has 0 amide bonds. The lowest BCUT2D eigenvalue weighted by molar-refractivity contribution is 0.415. The van der Waals surface area contributed by atoms with Gasteiger partial charge in [0, 0.05) is 11.6 Å². The lowest BCUT2D eigenvalue weighted by atomic mass is 10.0. The SMILES string of the molecule is COc1ccc(-c2ccnc3ccccc23)cc1. The largest absolute Gasteiger partial charge is 0.497 e. The number of hydrogen-bond acceptors (Lipinski definition) is 2. The zero-order chi connectivity index (χ0) is 12.4. The van der Waals surface area contributed by atoms with Crippen molar-refractivity contribution >= 4 is 10.9 Å². The summed E-state index contributed by atoms with van der Waals surface area (Å²) in [4.78, 5) is 4.38. The molecule has 3 aromatic rings. The van der Waals surface area contributed by atoms with Gasteiger partial charge in [-0.2, -0.15) is 0 Å². The van der Waals surface area contributed by atoms with Crippen molar-refractivity contribution in [2.24, 2.45) is 0 Å². The fourth-order valence-corrected chi connectivity index (χ4v) is 2.12. The minimum atomic E-state index is 0.872. The zero-order valence-electron chi connectivity index (χ0n) is 10.1. The molecule has 2 heteroatoms. The summed E-state index contributed by atoms with van der Waals surface area (Å²) in [6.45, 7) is 0. The van der Waals surface area contributed by atoms with Gasteiger partial charge in [0.05, 0.1) is 12.6 Å². The molecule has 0 aliphatic heterocycles. The van der Waals surface area contributed by atoms with Gasteiger partial charge in [0.2, 0.25) is 0 Å². The molecule has 2 nitrogen and oxygen atoms in total. The van der Waals surface area contributed by atoms with Crippen molar-refractivity contribution in [2.45, 2.75) is 0 Å². The van der Waals surface area contributed by atoms with Crippen molar-refractivity contribution in [3.8, 4) is 16.9 Å². The number of benzene rings is 2. The molecule has 0 bridgehead atoms. The Kier molecular flexibility index (Phi) is 2.69. The van der Waals surface area contributed by atoms with Crippen molar-refractivity contribution in [3.63, 3.8) is 0 Å². The molecule has 0 saturated carbocycles. The maximum atomic E-state index is 5.18. The predicted octanol–water partition coefficient (Wildman–Crippen LogP) is 3.91. The Morgan fingerprint density at radius 2 is 1.67 bits per heavy atom. The van der Waals surface area contributed by atoms with Crippen LogP contribution in [-0.4, -0.2) is 12.1 Å². The summed E-state index contributed by atoms with van der Waals surface area (Å²) in [6, 6.07) is 18.3. The summed E-state index contributed by atoms with van der Waals surface area (Å²) < 4.78 is 5.18. The van der Waals surface area contributed by atoms with Crippen LogP contribution in [-0.2, 0) is 0 Å². The quantitative estimate of drug-likeness (QED) is 0.671. The fraction of sp³-hybridized carbons (Fsp3) is 0.0625. The molecule has 0 aliphatic rings. The lowest BCUT2D eigenvalue weighted by Crippen LogP contribution is -1.85. The van der Waals surface area contributed by atoms with E-state index < -0.39 is 0 Å². The number of pyridine rings is 1. The highest BCUT2D eigenvalue weighted by molar-refractivity contribution is 5.94. The Bertz CT molecular complexity index is 669. The van der Waals surface area contributed by atoms with Crippen LogP contribution in [0.5, 0.6) is 5.75 Å². The summed E-state index contributed by atoms with van der Waals surface area (Å²) in [5, 5.41) is 1.17. The molecule has 0 atom stereocenters. The van der Waals surface area contributed by atoms with Crippen molar-refractivity contribution in [2.75, 3.05) is 7.11 Å². The molecule has 88 valence electrons. The fourth-order valence-electron chi connectivity index (χ4n) is 2.12. The second-order valence-electron chi connectivity index (χ2n) is 4.10. The molecule has 0 unspecified atom stereocenters. The summed E-state index contributed by atoms with van der Waals surface area (Å²) in [7, 11) is 1.68. The molecular weight excluding hydrogens is 222 g/mol. The normalized spacial score (nSPS) is 10.5. The smallest absolute Gasteiger partial charge is 0.118 e. The number of nitrogens with zero attached hydrogens (tertiary/aromatic N) is 1. The van der Waals surface area contributed by atoms with Gasteiger partial charge < -0.3 is 4.74 Å². The predicted molar refractivity (Wildman–Crippen MR) is 73.7 cm³/mol. The van der Waals surface area contributed by atoms with Gasteiger partial charge in [0.15, 0.2) is 0 Å².